The van der Waals surface area contributed by atoms with Crippen LogP contribution >= 0.6 is 0 Å². The zero-order chi connectivity index (χ0) is 10.6. The lowest BCUT2D eigenvalue weighted by atomic mass is 10.0. The van der Waals surface area contributed by atoms with Crippen molar-refractivity contribution in [2.45, 2.75) is 13.3 Å². The molecule has 0 aromatic heterocycles. The number of benzene rings is 1. The van der Waals surface area contributed by atoms with Crippen molar-refractivity contribution in [1.29, 1.82) is 0 Å². The van der Waals surface area contributed by atoms with Crippen molar-refractivity contribution >= 4 is 5.78 Å². The Bertz CT molecular complexity index is 371. The monoisotopic (exact) mass is 193 g/mol. The number of rotatable bonds is 3. The molecule has 2 N–H and O–H groups in total. The van der Waals surface area contributed by atoms with Gasteiger partial charge in [0.05, 0.1) is 5.56 Å². The van der Waals surface area contributed by atoms with Crippen LogP contribution in [-0.4, -0.2) is 5.78 Å². The maximum Gasteiger partial charge on any atom is 0.169 e. The number of nitrogens with two attached hydrogens (primary N) is 1. The molecule has 0 aliphatic carbocycles. The summed E-state index contributed by atoms with van der Waals surface area (Å²) < 4.78 is 13.1. The van der Waals surface area contributed by atoms with E-state index in [4.69, 9.17) is 5.73 Å². The molecule has 3 heteroatoms. The van der Waals surface area contributed by atoms with E-state index in [0.29, 0.717) is 0 Å². The van der Waals surface area contributed by atoms with Gasteiger partial charge in [-0.1, -0.05) is 17.7 Å². The summed E-state index contributed by atoms with van der Waals surface area (Å²) in [6.45, 7) is 1.73. The number of carbonyl (C=O) groups is 1. The molecule has 1 rings (SSSR count). The Labute approximate surface area is 82.2 Å². The zero-order valence-electron chi connectivity index (χ0n) is 7.96. The summed E-state index contributed by atoms with van der Waals surface area (Å²) in [5.41, 5.74) is 6.08. The Kier molecular flexibility index (Phi) is 3.40. The maximum absolute atomic E-state index is 13.1. The van der Waals surface area contributed by atoms with Gasteiger partial charge in [0.25, 0.3) is 0 Å². The molecule has 0 atom stereocenters. The lowest BCUT2D eigenvalue weighted by Gasteiger charge is -2.01. The molecule has 1 aromatic rings. The van der Waals surface area contributed by atoms with Crippen molar-refractivity contribution in [2.24, 2.45) is 5.73 Å². The molecule has 0 heterocycles. The highest BCUT2D eigenvalue weighted by atomic mass is 19.1. The van der Waals surface area contributed by atoms with Crippen LogP contribution in [-0.2, 0) is 0 Å². The summed E-state index contributed by atoms with van der Waals surface area (Å²) in [4.78, 5) is 11.5. The van der Waals surface area contributed by atoms with E-state index in [2.05, 4.69) is 0 Å². The quantitative estimate of drug-likeness (QED) is 0.748. The molecule has 0 radical (unpaired) electrons. The normalized spacial score (nSPS) is 11.4. The lowest BCUT2D eigenvalue weighted by Crippen LogP contribution is -2.03. The minimum Gasteiger partial charge on any atom is -0.405 e. The number of allylic oxidation sites excluding steroid dienone is 1. The highest BCUT2D eigenvalue weighted by Gasteiger charge is 2.10. The highest BCUT2D eigenvalue weighted by molar-refractivity contribution is 5.97. The Morgan fingerprint density at radius 1 is 1.50 bits per heavy atom. The van der Waals surface area contributed by atoms with E-state index in [1.54, 1.807) is 19.1 Å². The highest BCUT2D eigenvalue weighted by Crippen LogP contribution is 2.11. The lowest BCUT2D eigenvalue weighted by molar-refractivity contribution is 0.0989. The van der Waals surface area contributed by atoms with E-state index in [-0.39, 0.29) is 17.8 Å². The predicted octanol–water partition coefficient (Wildman–Crippen LogP) is 2.26. The first-order chi connectivity index (χ1) is 6.65. The first-order valence-electron chi connectivity index (χ1n) is 4.30. The SMILES string of the molecule is CC(=CN)CC(=O)c1ccccc1F. The summed E-state index contributed by atoms with van der Waals surface area (Å²) in [5, 5.41) is 0. The topological polar surface area (TPSA) is 43.1 Å². The van der Waals surface area contributed by atoms with Crippen LogP contribution in [0.25, 0.3) is 0 Å². The van der Waals surface area contributed by atoms with E-state index in [0.717, 1.165) is 5.57 Å². The van der Waals surface area contributed by atoms with Crippen LogP contribution in [0.15, 0.2) is 36.0 Å². The minimum atomic E-state index is -0.484. The van der Waals surface area contributed by atoms with Gasteiger partial charge in [-0.3, -0.25) is 4.79 Å². The summed E-state index contributed by atoms with van der Waals surface area (Å²) in [6, 6.07) is 5.94. The molecule has 74 valence electrons. The average Bonchev–Trinajstić information content (AvgIpc) is 2.18. The van der Waals surface area contributed by atoms with E-state index in [1.165, 1.54) is 18.3 Å². The van der Waals surface area contributed by atoms with Crippen LogP contribution in [0.5, 0.6) is 0 Å². The van der Waals surface area contributed by atoms with Crippen molar-refractivity contribution < 1.29 is 9.18 Å². The van der Waals surface area contributed by atoms with Gasteiger partial charge in [-0.2, -0.15) is 0 Å². The molecule has 14 heavy (non-hydrogen) atoms. The third-order valence-electron chi connectivity index (χ3n) is 1.90. The smallest absolute Gasteiger partial charge is 0.169 e. The molecule has 0 amide bonds. The Morgan fingerprint density at radius 2 is 2.14 bits per heavy atom. The first-order valence-corrected chi connectivity index (χ1v) is 4.30. The fourth-order valence-corrected chi connectivity index (χ4v) is 1.09. The van der Waals surface area contributed by atoms with Gasteiger partial charge in [-0.05, 0) is 25.3 Å². The summed E-state index contributed by atoms with van der Waals surface area (Å²) >= 11 is 0. The van der Waals surface area contributed by atoms with Crippen LogP contribution in [0, 0.1) is 5.82 Å². The number of hydrogen-bond acceptors (Lipinski definition) is 2. The van der Waals surface area contributed by atoms with Crippen LogP contribution < -0.4 is 5.73 Å². The molecule has 0 bridgehead atoms. The third-order valence-corrected chi connectivity index (χ3v) is 1.90. The average molecular weight is 193 g/mol. The largest absolute Gasteiger partial charge is 0.405 e. The second kappa shape index (κ2) is 4.56. The van der Waals surface area contributed by atoms with E-state index in [9.17, 15) is 9.18 Å². The second-order valence-corrected chi connectivity index (χ2v) is 3.09. The summed E-state index contributed by atoms with van der Waals surface area (Å²) in [6.07, 6.45) is 1.52. The van der Waals surface area contributed by atoms with E-state index >= 15 is 0 Å². The Balaban J connectivity index is 2.85. The first kappa shape index (κ1) is 10.4. The molecule has 0 spiro atoms. The molecule has 0 saturated carbocycles. The summed E-state index contributed by atoms with van der Waals surface area (Å²) in [7, 11) is 0. The second-order valence-electron chi connectivity index (χ2n) is 3.09. The molecule has 0 fully saturated rings. The van der Waals surface area contributed by atoms with Gasteiger partial charge in [-0.25, -0.2) is 4.39 Å². The molecular formula is C11H12FNO. The molecule has 0 aliphatic heterocycles. The van der Waals surface area contributed by atoms with Gasteiger partial charge in [0, 0.05) is 6.42 Å². The van der Waals surface area contributed by atoms with Gasteiger partial charge in [0.2, 0.25) is 0 Å². The number of hydrogen-bond donors (Lipinski definition) is 1. The zero-order valence-corrected chi connectivity index (χ0v) is 7.96. The van der Waals surface area contributed by atoms with Crippen molar-refractivity contribution in [3.8, 4) is 0 Å². The van der Waals surface area contributed by atoms with Crippen molar-refractivity contribution in [2.75, 3.05) is 0 Å². The number of carbonyl (C=O) groups excluding carboxylic acids is 1. The van der Waals surface area contributed by atoms with Crippen molar-refractivity contribution in [3.63, 3.8) is 0 Å². The van der Waals surface area contributed by atoms with E-state index in [1.807, 2.05) is 0 Å². The van der Waals surface area contributed by atoms with Crippen LogP contribution in [0.3, 0.4) is 0 Å². The standard InChI is InChI=1S/C11H12FNO/c1-8(7-13)6-11(14)9-4-2-3-5-10(9)12/h2-5,7H,6,13H2,1H3. The molecule has 0 unspecified atom stereocenters. The molecule has 2 nitrogen and oxygen atoms in total. The maximum atomic E-state index is 13.1. The molecular weight excluding hydrogens is 181 g/mol. The van der Waals surface area contributed by atoms with Crippen LogP contribution in [0.2, 0.25) is 0 Å². The van der Waals surface area contributed by atoms with Crippen molar-refractivity contribution in [1.82, 2.24) is 0 Å². The van der Waals surface area contributed by atoms with Gasteiger partial charge >= 0.3 is 0 Å². The number of Topliss-reactive ketones (excluding diaryl/α,β-unsaturated/α-hetero) is 1. The van der Waals surface area contributed by atoms with Crippen LogP contribution in [0.1, 0.15) is 23.7 Å². The minimum absolute atomic E-state index is 0.119. The van der Waals surface area contributed by atoms with Gasteiger partial charge in [0.15, 0.2) is 5.78 Å². The van der Waals surface area contributed by atoms with Gasteiger partial charge in [0.1, 0.15) is 5.82 Å². The Morgan fingerprint density at radius 3 is 2.71 bits per heavy atom. The van der Waals surface area contributed by atoms with Gasteiger partial charge in [-0.15, -0.1) is 0 Å². The molecule has 0 aliphatic rings. The number of halogens is 1. The predicted molar refractivity (Wildman–Crippen MR) is 53.3 cm³/mol. The van der Waals surface area contributed by atoms with Crippen molar-refractivity contribution in [3.05, 3.63) is 47.4 Å². The van der Waals surface area contributed by atoms with Gasteiger partial charge < -0.3 is 5.73 Å². The summed E-state index contributed by atoms with van der Waals surface area (Å²) in [5.74, 6) is -0.732. The fraction of sp³-hybridized carbons (Fsp3) is 0.182. The Hall–Kier alpha value is -1.64. The van der Waals surface area contributed by atoms with E-state index < -0.39 is 5.82 Å². The number of ketones is 1. The van der Waals surface area contributed by atoms with Crippen LogP contribution in [0.4, 0.5) is 4.39 Å². The fourth-order valence-electron chi connectivity index (χ4n) is 1.09. The third kappa shape index (κ3) is 2.42. The molecule has 1 aromatic carbocycles. The molecule has 0 saturated heterocycles.